The maximum atomic E-state index is 13.7. The fourth-order valence-corrected chi connectivity index (χ4v) is 4.01. The van der Waals surface area contributed by atoms with Gasteiger partial charge in [0.15, 0.2) is 5.11 Å². The summed E-state index contributed by atoms with van der Waals surface area (Å²) < 4.78 is 18.7. The average molecular weight is 350 g/mol. The van der Waals surface area contributed by atoms with E-state index in [4.69, 9.17) is 17.0 Å². The Morgan fingerprint density at radius 1 is 1.33 bits per heavy atom. The number of ether oxygens (including phenoxy) is 1. The highest BCUT2D eigenvalue weighted by atomic mass is 32.1. The van der Waals surface area contributed by atoms with Crippen LogP contribution in [0.3, 0.4) is 0 Å². The third-order valence-corrected chi connectivity index (χ3v) is 4.97. The number of benzene rings is 1. The van der Waals surface area contributed by atoms with Crippen molar-refractivity contribution in [2.45, 2.75) is 44.6 Å². The van der Waals surface area contributed by atoms with Gasteiger partial charge in [-0.15, -0.1) is 0 Å². The Balaban J connectivity index is 2.08. The van der Waals surface area contributed by atoms with Crippen LogP contribution in [0.5, 0.6) is 0 Å². The van der Waals surface area contributed by atoms with Crippen LogP contribution in [-0.4, -0.2) is 34.2 Å². The molecule has 0 N–H and O–H groups in total. The zero-order valence-corrected chi connectivity index (χ0v) is 14.3. The fraction of sp³-hybridized carbons (Fsp3) is 0.471. The molecule has 1 aliphatic carbocycles. The van der Waals surface area contributed by atoms with Crippen molar-refractivity contribution in [2.75, 3.05) is 11.5 Å². The third kappa shape index (κ3) is 2.56. The van der Waals surface area contributed by atoms with E-state index in [1.54, 1.807) is 24.0 Å². The van der Waals surface area contributed by atoms with Crippen molar-refractivity contribution in [1.82, 2.24) is 4.90 Å². The van der Waals surface area contributed by atoms with Crippen molar-refractivity contribution >= 4 is 35.0 Å². The number of amides is 2. The van der Waals surface area contributed by atoms with E-state index in [0.717, 1.165) is 24.2 Å². The molecule has 1 aromatic carbocycles. The molecule has 2 amide bonds. The molecule has 1 aromatic rings. The molecule has 0 aromatic heterocycles. The smallest absolute Gasteiger partial charge is 0.423 e. The summed E-state index contributed by atoms with van der Waals surface area (Å²) in [6, 6.07) is 5.95. The van der Waals surface area contributed by atoms with Gasteiger partial charge < -0.3 is 9.64 Å². The highest BCUT2D eigenvalue weighted by Crippen LogP contribution is 2.43. The lowest BCUT2D eigenvalue weighted by Crippen LogP contribution is -2.51. The molecular weight excluding hydrogens is 331 g/mol. The first kappa shape index (κ1) is 16.8. The maximum Gasteiger partial charge on any atom is 0.423 e. The molecule has 1 saturated carbocycles. The summed E-state index contributed by atoms with van der Waals surface area (Å²) in [5.41, 5.74) is -0.433. The molecule has 1 heterocycles. The second kappa shape index (κ2) is 6.47. The Kier molecular flexibility index (Phi) is 4.54. The van der Waals surface area contributed by atoms with Gasteiger partial charge in [-0.05, 0) is 50.2 Å². The molecule has 1 saturated heterocycles. The number of thiocarbonyl (C=S) groups is 1. The quantitative estimate of drug-likeness (QED) is 0.763. The number of carbonyl (C=O) groups is 2. The Labute approximate surface area is 145 Å². The minimum Gasteiger partial charge on any atom is -0.449 e. The number of carbonyl (C=O) groups excluding carboxylic acids is 2. The molecule has 0 bridgehead atoms. The predicted octanol–water partition coefficient (Wildman–Crippen LogP) is 3.62. The molecule has 3 rings (SSSR count). The van der Waals surface area contributed by atoms with Gasteiger partial charge in [-0.3, -0.25) is 4.79 Å². The van der Waals surface area contributed by atoms with E-state index in [1.807, 2.05) is 0 Å². The van der Waals surface area contributed by atoms with Gasteiger partial charge >= 0.3 is 6.09 Å². The van der Waals surface area contributed by atoms with E-state index in [-0.39, 0.29) is 17.6 Å². The minimum atomic E-state index is -0.921. The monoisotopic (exact) mass is 350 g/mol. The van der Waals surface area contributed by atoms with Gasteiger partial charge in [0.25, 0.3) is 5.91 Å². The number of anilines is 1. The highest BCUT2D eigenvalue weighted by molar-refractivity contribution is 7.80. The Bertz CT molecular complexity index is 688. The van der Waals surface area contributed by atoms with E-state index in [2.05, 4.69) is 0 Å². The standard InChI is InChI=1S/C17H19FN2O3S/c1-2-23-16(22)19-14(21)17(9-4-3-5-10-17)20(15(19)24)13-8-6-7-12(18)11-13/h6-8,11H,2-5,9-10H2,1H3. The van der Waals surface area contributed by atoms with E-state index < -0.39 is 17.4 Å². The SMILES string of the molecule is CCOC(=O)N1C(=O)C2(CCCCC2)N(c2cccc(F)c2)C1=S. The largest absolute Gasteiger partial charge is 0.449 e. The van der Waals surface area contributed by atoms with Crippen LogP contribution in [-0.2, 0) is 9.53 Å². The van der Waals surface area contributed by atoms with E-state index in [0.29, 0.717) is 18.5 Å². The first-order chi connectivity index (χ1) is 11.5. The van der Waals surface area contributed by atoms with Crippen molar-refractivity contribution < 1.29 is 18.7 Å². The second-order valence-electron chi connectivity index (χ2n) is 6.03. The summed E-state index contributed by atoms with van der Waals surface area (Å²) >= 11 is 5.42. The van der Waals surface area contributed by atoms with Crippen LogP contribution in [0.25, 0.3) is 0 Å². The molecule has 2 fully saturated rings. The average Bonchev–Trinajstić information content (AvgIpc) is 2.76. The molecule has 0 unspecified atom stereocenters. The van der Waals surface area contributed by atoms with Gasteiger partial charge in [0.05, 0.1) is 6.61 Å². The molecule has 0 radical (unpaired) electrons. The second-order valence-corrected chi connectivity index (χ2v) is 6.39. The first-order valence-electron chi connectivity index (χ1n) is 8.12. The van der Waals surface area contributed by atoms with Crippen LogP contribution in [0.1, 0.15) is 39.0 Å². The van der Waals surface area contributed by atoms with Crippen molar-refractivity contribution in [2.24, 2.45) is 0 Å². The summed E-state index contributed by atoms with van der Waals surface area (Å²) in [5.74, 6) is -0.779. The van der Waals surface area contributed by atoms with Gasteiger partial charge in [-0.25, -0.2) is 9.18 Å². The van der Waals surface area contributed by atoms with Gasteiger partial charge in [0.1, 0.15) is 11.4 Å². The van der Waals surface area contributed by atoms with Crippen molar-refractivity contribution in [3.63, 3.8) is 0 Å². The molecule has 128 valence electrons. The molecule has 1 spiro atoms. The maximum absolute atomic E-state index is 13.7. The molecule has 2 aliphatic rings. The van der Waals surface area contributed by atoms with E-state index in [1.165, 1.54) is 12.1 Å². The van der Waals surface area contributed by atoms with Gasteiger partial charge in [0, 0.05) is 5.69 Å². The first-order valence-corrected chi connectivity index (χ1v) is 8.53. The normalized spacial score (nSPS) is 19.9. The number of imide groups is 1. The molecule has 5 nitrogen and oxygen atoms in total. The number of hydrogen-bond acceptors (Lipinski definition) is 4. The van der Waals surface area contributed by atoms with Gasteiger partial charge in [0.2, 0.25) is 0 Å². The van der Waals surface area contributed by atoms with Gasteiger partial charge in [-0.1, -0.05) is 25.3 Å². The minimum absolute atomic E-state index is 0.0611. The van der Waals surface area contributed by atoms with E-state index in [9.17, 15) is 14.0 Å². The van der Waals surface area contributed by atoms with Crippen LogP contribution >= 0.6 is 12.2 Å². The zero-order chi connectivity index (χ0) is 17.3. The Hall–Kier alpha value is -2.02. The number of hydrogen-bond donors (Lipinski definition) is 0. The predicted molar refractivity (Wildman–Crippen MR) is 91.2 cm³/mol. The summed E-state index contributed by atoms with van der Waals surface area (Å²) in [4.78, 5) is 27.9. The van der Waals surface area contributed by atoms with Crippen LogP contribution < -0.4 is 4.90 Å². The molecule has 1 aliphatic heterocycles. The van der Waals surface area contributed by atoms with Crippen molar-refractivity contribution in [3.05, 3.63) is 30.1 Å². The lowest BCUT2D eigenvalue weighted by molar-refractivity contribution is -0.130. The lowest BCUT2D eigenvalue weighted by Gasteiger charge is -2.39. The molecule has 24 heavy (non-hydrogen) atoms. The summed E-state index contributed by atoms with van der Waals surface area (Å²) in [7, 11) is 0. The fourth-order valence-electron chi connectivity index (χ4n) is 3.57. The van der Waals surface area contributed by atoms with Crippen LogP contribution in [0.2, 0.25) is 0 Å². The summed E-state index contributed by atoms with van der Waals surface area (Å²) in [6.45, 7) is 1.82. The summed E-state index contributed by atoms with van der Waals surface area (Å²) in [6.07, 6.45) is 3.14. The van der Waals surface area contributed by atoms with Crippen LogP contribution in [0.15, 0.2) is 24.3 Å². The molecule has 7 heteroatoms. The van der Waals surface area contributed by atoms with Crippen LogP contribution in [0, 0.1) is 5.82 Å². The van der Waals surface area contributed by atoms with Gasteiger partial charge in [-0.2, -0.15) is 4.90 Å². The Morgan fingerprint density at radius 2 is 2.04 bits per heavy atom. The number of halogens is 1. The topological polar surface area (TPSA) is 49.9 Å². The highest BCUT2D eigenvalue weighted by Gasteiger charge is 2.58. The molecular formula is C17H19FN2O3S. The third-order valence-electron chi connectivity index (χ3n) is 4.61. The summed E-state index contributed by atoms with van der Waals surface area (Å²) in [5, 5.41) is 0.0611. The zero-order valence-electron chi connectivity index (χ0n) is 13.5. The number of nitrogens with zero attached hydrogens (tertiary/aromatic N) is 2. The molecule has 0 atom stereocenters. The Morgan fingerprint density at radius 3 is 2.67 bits per heavy atom. The van der Waals surface area contributed by atoms with Crippen LogP contribution in [0.4, 0.5) is 14.9 Å². The van der Waals surface area contributed by atoms with Crippen molar-refractivity contribution in [3.8, 4) is 0 Å². The van der Waals surface area contributed by atoms with Crippen molar-refractivity contribution in [1.29, 1.82) is 0 Å². The van der Waals surface area contributed by atoms with E-state index >= 15 is 0 Å². The lowest BCUT2D eigenvalue weighted by atomic mass is 9.80. The number of rotatable bonds is 2.